The van der Waals surface area contributed by atoms with Gasteiger partial charge in [-0.15, -0.1) is 0 Å². The van der Waals surface area contributed by atoms with Crippen molar-refractivity contribution in [2.75, 3.05) is 13.1 Å². The number of ketones is 1. The number of carbonyl (C=O) groups is 3. The van der Waals surface area contributed by atoms with Crippen molar-refractivity contribution in [1.82, 2.24) is 14.7 Å². The lowest BCUT2D eigenvalue weighted by Gasteiger charge is -2.38. The van der Waals surface area contributed by atoms with Gasteiger partial charge in [-0.25, -0.2) is 4.39 Å². The lowest BCUT2D eigenvalue weighted by atomic mass is 9.93. The minimum Gasteiger partial charge on any atom is -0.459 e. The van der Waals surface area contributed by atoms with Crippen molar-refractivity contribution in [3.8, 4) is 0 Å². The molecule has 0 spiro atoms. The van der Waals surface area contributed by atoms with Crippen molar-refractivity contribution < 1.29 is 23.5 Å². The fourth-order valence-corrected chi connectivity index (χ4v) is 5.55. The molecule has 0 amide bonds. The molecular formula is C28H34FN3O4S. The van der Waals surface area contributed by atoms with E-state index in [2.05, 4.69) is 5.10 Å². The summed E-state index contributed by atoms with van der Waals surface area (Å²) in [4.78, 5) is 39.5. The number of benzene rings is 1. The summed E-state index contributed by atoms with van der Waals surface area (Å²) in [5, 5.41) is 4.45. The first-order chi connectivity index (χ1) is 17.5. The van der Waals surface area contributed by atoms with E-state index in [-0.39, 0.29) is 40.4 Å². The SMILES string of the molecule is CC(=O)SC1CCN(C(C(=O)C2CC2)c2ccccc2F)C/C1=C/c1ccn(CC(=O)OC(C)(C)C)n1. The largest absolute Gasteiger partial charge is 0.459 e. The van der Waals surface area contributed by atoms with Crippen LogP contribution < -0.4 is 0 Å². The molecule has 4 rings (SSSR count). The molecule has 9 heteroatoms. The van der Waals surface area contributed by atoms with Crippen molar-refractivity contribution in [3.05, 3.63) is 59.2 Å². The third-order valence-electron chi connectivity index (χ3n) is 6.31. The average molecular weight is 528 g/mol. The summed E-state index contributed by atoms with van der Waals surface area (Å²) < 4.78 is 21.7. The van der Waals surface area contributed by atoms with E-state index in [1.165, 1.54) is 22.5 Å². The zero-order chi connectivity index (χ0) is 26.7. The zero-order valence-electron chi connectivity index (χ0n) is 21.8. The van der Waals surface area contributed by atoms with Crippen LogP contribution in [0.2, 0.25) is 0 Å². The van der Waals surface area contributed by atoms with Crippen LogP contribution >= 0.6 is 11.8 Å². The number of piperidine rings is 1. The van der Waals surface area contributed by atoms with Gasteiger partial charge in [-0.2, -0.15) is 5.10 Å². The van der Waals surface area contributed by atoms with Gasteiger partial charge in [0.15, 0.2) is 10.9 Å². The van der Waals surface area contributed by atoms with Gasteiger partial charge in [0.25, 0.3) is 0 Å². The van der Waals surface area contributed by atoms with E-state index in [4.69, 9.17) is 4.74 Å². The number of carbonyl (C=O) groups excluding carboxylic acids is 3. The molecular weight excluding hydrogens is 493 g/mol. The third-order valence-corrected chi connectivity index (χ3v) is 7.46. The number of aromatic nitrogens is 2. The van der Waals surface area contributed by atoms with Gasteiger partial charge in [0.1, 0.15) is 18.0 Å². The van der Waals surface area contributed by atoms with Gasteiger partial charge in [0.05, 0.1) is 11.7 Å². The van der Waals surface area contributed by atoms with E-state index in [0.717, 1.165) is 18.4 Å². The molecule has 37 heavy (non-hydrogen) atoms. The molecule has 2 fully saturated rings. The Balaban J connectivity index is 1.59. The Morgan fingerprint density at radius 3 is 2.57 bits per heavy atom. The van der Waals surface area contributed by atoms with Gasteiger partial charge < -0.3 is 4.74 Å². The average Bonchev–Trinajstić information content (AvgIpc) is 3.56. The quantitative estimate of drug-likeness (QED) is 0.455. The van der Waals surface area contributed by atoms with Crippen LogP contribution in [0.4, 0.5) is 4.39 Å². The number of hydrogen-bond donors (Lipinski definition) is 0. The van der Waals surface area contributed by atoms with Crippen LogP contribution in [0.3, 0.4) is 0 Å². The number of thioether (sulfide) groups is 1. The predicted octanol–water partition coefficient (Wildman–Crippen LogP) is 4.82. The van der Waals surface area contributed by atoms with Gasteiger partial charge in [-0.05, 0) is 63.8 Å². The number of nitrogens with zero attached hydrogens (tertiary/aromatic N) is 3. The van der Waals surface area contributed by atoms with Crippen LogP contribution in [0, 0.1) is 11.7 Å². The molecule has 0 N–H and O–H groups in total. The van der Waals surface area contributed by atoms with E-state index < -0.39 is 11.6 Å². The lowest BCUT2D eigenvalue weighted by molar-refractivity contribution is -0.155. The molecule has 1 saturated heterocycles. The topological polar surface area (TPSA) is 81.5 Å². The monoisotopic (exact) mass is 527 g/mol. The first-order valence-corrected chi connectivity index (χ1v) is 13.5. The number of esters is 1. The maximum atomic E-state index is 14.8. The third kappa shape index (κ3) is 7.38. The molecule has 1 aliphatic carbocycles. The summed E-state index contributed by atoms with van der Waals surface area (Å²) >= 11 is 1.26. The minimum atomic E-state index is -0.662. The summed E-state index contributed by atoms with van der Waals surface area (Å²) in [7, 11) is 0. The van der Waals surface area contributed by atoms with Crippen LogP contribution in [-0.4, -0.2) is 55.5 Å². The molecule has 1 aromatic heterocycles. The molecule has 2 aliphatic rings. The molecule has 2 heterocycles. The van der Waals surface area contributed by atoms with E-state index in [1.807, 2.05) is 31.7 Å². The van der Waals surface area contributed by atoms with Crippen molar-refractivity contribution in [2.45, 2.75) is 70.4 Å². The van der Waals surface area contributed by atoms with Crippen molar-refractivity contribution in [3.63, 3.8) is 0 Å². The predicted molar refractivity (Wildman–Crippen MR) is 141 cm³/mol. The van der Waals surface area contributed by atoms with Crippen LogP contribution in [0.1, 0.15) is 64.3 Å². The Kier molecular flexibility index (Phi) is 8.33. The number of ether oxygens (including phenoxy) is 1. The van der Waals surface area contributed by atoms with Crippen LogP contribution in [0.5, 0.6) is 0 Å². The molecule has 198 valence electrons. The second-order valence-electron chi connectivity index (χ2n) is 10.7. The molecule has 0 radical (unpaired) electrons. The number of halogens is 1. The highest BCUT2D eigenvalue weighted by atomic mass is 32.2. The van der Waals surface area contributed by atoms with Crippen LogP contribution in [-0.2, 0) is 25.7 Å². The smallest absolute Gasteiger partial charge is 0.328 e. The van der Waals surface area contributed by atoms with E-state index >= 15 is 0 Å². The highest BCUT2D eigenvalue weighted by molar-refractivity contribution is 8.14. The maximum absolute atomic E-state index is 14.8. The molecule has 2 unspecified atom stereocenters. The van der Waals surface area contributed by atoms with Crippen molar-refractivity contribution in [2.24, 2.45) is 5.92 Å². The summed E-state index contributed by atoms with van der Waals surface area (Å²) in [6.45, 7) is 7.97. The van der Waals surface area contributed by atoms with E-state index in [9.17, 15) is 18.8 Å². The molecule has 1 aliphatic heterocycles. The Morgan fingerprint density at radius 1 is 1.19 bits per heavy atom. The van der Waals surface area contributed by atoms with Gasteiger partial charge in [0.2, 0.25) is 0 Å². The number of hydrogen-bond acceptors (Lipinski definition) is 7. The minimum absolute atomic E-state index is 0.0105. The fraction of sp³-hybridized carbons (Fsp3) is 0.500. The second-order valence-corrected chi connectivity index (χ2v) is 12.1. The molecule has 1 saturated carbocycles. The number of likely N-dealkylation sites (tertiary alicyclic amines) is 1. The molecule has 2 atom stereocenters. The summed E-state index contributed by atoms with van der Waals surface area (Å²) in [6.07, 6.45) is 5.97. The van der Waals surface area contributed by atoms with Gasteiger partial charge in [0, 0.05) is 42.9 Å². The summed E-state index contributed by atoms with van der Waals surface area (Å²) in [5.41, 5.74) is 1.41. The van der Waals surface area contributed by atoms with Crippen molar-refractivity contribution >= 4 is 34.7 Å². The maximum Gasteiger partial charge on any atom is 0.328 e. The Hall–Kier alpha value is -2.78. The first-order valence-electron chi connectivity index (χ1n) is 12.7. The molecule has 0 bridgehead atoms. The summed E-state index contributed by atoms with van der Waals surface area (Å²) in [6, 6.07) is 7.62. The van der Waals surface area contributed by atoms with Gasteiger partial charge in [-0.1, -0.05) is 30.0 Å². The highest BCUT2D eigenvalue weighted by Crippen LogP contribution is 2.40. The molecule has 7 nitrogen and oxygen atoms in total. The number of Topliss-reactive ketones (excluding diaryl/α,β-unsaturated/α-hetero) is 1. The Bertz CT molecular complexity index is 1200. The Labute approximate surface area is 221 Å². The zero-order valence-corrected chi connectivity index (χ0v) is 22.6. The summed E-state index contributed by atoms with van der Waals surface area (Å²) in [5.74, 6) is -0.725. The normalized spacial score (nSPS) is 20.6. The van der Waals surface area contributed by atoms with E-state index in [1.54, 1.807) is 37.4 Å². The van der Waals surface area contributed by atoms with Gasteiger partial charge in [-0.3, -0.25) is 24.0 Å². The van der Waals surface area contributed by atoms with Crippen LogP contribution in [0.25, 0.3) is 6.08 Å². The van der Waals surface area contributed by atoms with Crippen molar-refractivity contribution in [1.29, 1.82) is 0 Å². The Morgan fingerprint density at radius 2 is 1.92 bits per heavy atom. The standard InChI is InChI=1S/C28H34FN3O4S/c1-18(33)37-24-12-13-31(26(27(35)19-9-10-19)22-7-5-6-8-23(22)29)16-20(24)15-21-11-14-32(30-21)17-25(34)36-28(2,3)4/h5-8,11,14-15,19,24,26H,9-10,12-13,16-17H2,1-4H3/b20-15-. The van der Waals surface area contributed by atoms with Gasteiger partial charge >= 0.3 is 5.97 Å². The second kappa shape index (κ2) is 11.3. The van der Waals surface area contributed by atoms with E-state index in [0.29, 0.717) is 30.8 Å². The first kappa shape index (κ1) is 27.3. The highest BCUT2D eigenvalue weighted by Gasteiger charge is 2.41. The number of rotatable bonds is 8. The lowest BCUT2D eigenvalue weighted by Crippen LogP contribution is -2.43. The molecule has 2 aromatic rings. The van der Waals surface area contributed by atoms with Crippen LogP contribution in [0.15, 0.2) is 42.1 Å². The fourth-order valence-electron chi connectivity index (χ4n) is 4.63. The molecule has 1 aromatic carbocycles.